The van der Waals surface area contributed by atoms with Gasteiger partial charge >= 0.3 is 6.03 Å². The fraction of sp³-hybridized carbons (Fsp3) is 0.300. The second-order valence-corrected chi connectivity index (χ2v) is 7.21. The zero-order valence-electron chi connectivity index (χ0n) is 15.3. The maximum absolute atomic E-state index is 12.4. The number of carbonyl (C=O) groups excluding carboxylic acids is 2. The first kappa shape index (κ1) is 22.0. The monoisotopic (exact) mass is 422 g/mol. The van der Waals surface area contributed by atoms with Crippen LogP contribution in [-0.4, -0.2) is 17.5 Å². The van der Waals surface area contributed by atoms with Crippen LogP contribution in [0.15, 0.2) is 48.5 Å². The third-order valence-corrected chi connectivity index (χ3v) is 5.04. The van der Waals surface area contributed by atoms with Crippen molar-refractivity contribution < 1.29 is 9.59 Å². The van der Waals surface area contributed by atoms with E-state index in [0.29, 0.717) is 35.8 Å². The molecular formula is C20H24Cl2N4O2. The van der Waals surface area contributed by atoms with E-state index in [1.165, 1.54) is 0 Å². The fourth-order valence-electron chi connectivity index (χ4n) is 3.16. The lowest BCUT2D eigenvalue weighted by Gasteiger charge is -2.22. The van der Waals surface area contributed by atoms with Crippen LogP contribution in [0.1, 0.15) is 31.2 Å². The molecule has 0 radical (unpaired) electrons. The second-order valence-electron chi connectivity index (χ2n) is 6.81. The summed E-state index contributed by atoms with van der Waals surface area (Å²) in [5.74, 6) is -0.151. The Bertz CT molecular complexity index is 838. The average molecular weight is 423 g/mol. The molecule has 1 saturated carbocycles. The summed E-state index contributed by atoms with van der Waals surface area (Å²) in [5, 5.41) is 8.83. The Morgan fingerprint density at radius 3 is 2.46 bits per heavy atom. The van der Waals surface area contributed by atoms with Crippen molar-refractivity contribution in [3.8, 4) is 0 Å². The second kappa shape index (κ2) is 9.78. The number of hydrogen-bond acceptors (Lipinski definition) is 3. The van der Waals surface area contributed by atoms with Crippen molar-refractivity contribution in [3.63, 3.8) is 0 Å². The average Bonchev–Trinajstić information content (AvgIpc) is 3.10. The molecule has 3 rings (SSSR count). The summed E-state index contributed by atoms with van der Waals surface area (Å²) in [6.45, 7) is 0.313. The molecule has 1 aliphatic rings. The molecule has 0 bridgehead atoms. The summed E-state index contributed by atoms with van der Waals surface area (Å²) in [4.78, 5) is 24.5. The van der Waals surface area contributed by atoms with Crippen molar-refractivity contribution in [2.45, 2.75) is 37.8 Å². The van der Waals surface area contributed by atoms with Crippen molar-refractivity contribution in [2.75, 3.05) is 10.6 Å². The number of amides is 3. The van der Waals surface area contributed by atoms with Crippen molar-refractivity contribution in [1.82, 2.24) is 5.32 Å². The molecule has 0 spiro atoms. The normalized spacial score (nSPS) is 14.6. The number of nitrogens with one attached hydrogen (secondary N) is 3. The first-order chi connectivity index (χ1) is 13.0. The third-order valence-electron chi connectivity index (χ3n) is 4.71. The highest BCUT2D eigenvalue weighted by molar-refractivity contribution is 6.33. The number of anilines is 2. The van der Waals surface area contributed by atoms with Gasteiger partial charge in [-0.1, -0.05) is 48.7 Å². The lowest BCUT2D eigenvalue weighted by atomic mass is 9.98. The Kier molecular flexibility index (Phi) is 7.69. The summed E-state index contributed by atoms with van der Waals surface area (Å²) in [5.41, 5.74) is 7.48. The lowest BCUT2D eigenvalue weighted by molar-refractivity contribution is -0.121. The number of rotatable bonds is 5. The molecule has 6 nitrogen and oxygen atoms in total. The largest absolute Gasteiger partial charge is 0.334 e. The zero-order valence-corrected chi connectivity index (χ0v) is 16.9. The molecule has 5 N–H and O–H groups in total. The Morgan fingerprint density at radius 2 is 1.75 bits per heavy atom. The highest BCUT2D eigenvalue weighted by atomic mass is 35.5. The minimum atomic E-state index is -0.775. The number of hydrogen-bond donors (Lipinski definition) is 4. The summed E-state index contributed by atoms with van der Waals surface area (Å²) in [7, 11) is 0. The van der Waals surface area contributed by atoms with E-state index in [2.05, 4.69) is 16.0 Å². The van der Waals surface area contributed by atoms with E-state index >= 15 is 0 Å². The maximum atomic E-state index is 12.4. The Morgan fingerprint density at radius 1 is 1.04 bits per heavy atom. The first-order valence-corrected chi connectivity index (χ1v) is 9.33. The van der Waals surface area contributed by atoms with Crippen LogP contribution in [0.4, 0.5) is 16.2 Å². The number of carbonyl (C=O) groups is 2. The van der Waals surface area contributed by atoms with Gasteiger partial charge in [-0.05, 0) is 42.7 Å². The van der Waals surface area contributed by atoms with E-state index in [9.17, 15) is 9.59 Å². The summed E-state index contributed by atoms with van der Waals surface area (Å²) in [6, 6.07) is 14.0. The van der Waals surface area contributed by atoms with Gasteiger partial charge in [0.05, 0.1) is 16.2 Å². The van der Waals surface area contributed by atoms with Gasteiger partial charge in [0.1, 0.15) is 0 Å². The third kappa shape index (κ3) is 5.61. The zero-order chi connectivity index (χ0) is 19.3. The van der Waals surface area contributed by atoms with Gasteiger partial charge in [0, 0.05) is 12.2 Å². The Hall–Kier alpha value is -2.28. The lowest BCUT2D eigenvalue weighted by Crippen LogP contribution is -2.48. The van der Waals surface area contributed by atoms with Crippen molar-refractivity contribution >= 4 is 47.3 Å². The Balaban J connectivity index is 0.00000280. The molecule has 8 heteroatoms. The van der Waals surface area contributed by atoms with Crippen LogP contribution >= 0.6 is 24.0 Å². The van der Waals surface area contributed by atoms with Crippen molar-refractivity contribution in [1.29, 1.82) is 0 Å². The van der Waals surface area contributed by atoms with Gasteiger partial charge in [-0.3, -0.25) is 4.79 Å². The first-order valence-electron chi connectivity index (χ1n) is 8.95. The van der Waals surface area contributed by atoms with Crippen molar-refractivity contribution in [3.05, 3.63) is 59.1 Å². The van der Waals surface area contributed by atoms with E-state index in [1.54, 1.807) is 24.3 Å². The molecule has 150 valence electrons. The molecule has 28 heavy (non-hydrogen) atoms. The van der Waals surface area contributed by atoms with E-state index < -0.39 is 5.54 Å². The van der Waals surface area contributed by atoms with Crippen LogP contribution in [0, 0.1) is 0 Å². The van der Waals surface area contributed by atoms with Gasteiger partial charge in [-0.15, -0.1) is 12.4 Å². The predicted molar refractivity (Wildman–Crippen MR) is 115 cm³/mol. The molecular weight excluding hydrogens is 399 g/mol. The molecule has 0 unspecified atom stereocenters. The highest BCUT2D eigenvalue weighted by Gasteiger charge is 2.36. The smallest absolute Gasteiger partial charge is 0.319 e. The number of nitrogens with two attached hydrogens (primary N) is 1. The number of halogens is 2. The van der Waals surface area contributed by atoms with Crippen LogP contribution in [0.2, 0.25) is 5.02 Å². The highest BCUT2D eigenvalue weighted by Crippen LogP contribution is 2.28. The van der Waals surface area contributed by atoms with E-state index in [4.69, 9.17) is 17.3 Å². The van der Waals surface area contributed by atoms with Gasteiger partial charge in [0.15, 0.2) is 0 Å². The van der Waals surface area contributed by atoms with Crippen LogP contribution in [0.5, 0.6) is 0 Å². The molecule has 1 fully saturated rings. The van der Waals surface area contributed by atoms with Gasteiger partial charge in [-0.25, -0.2) is 4.79 Å². The molecule has 0 aromatic heterocycles. The van der Waals surface area contributed by atoms with Gasteiger partial charge in [0.25, 0.3) is 0 Å². The van der Waals surface area contributed by atoms with Gasteiger partial charge < -0.3 is 21.7 Å². The van der Waals surface area contributed by atoms with Gasteiger partial charge in [0.2, 0.25) is 5.91 Å². The molecule has 2 aromatic carbocycles. The van der Waals surface area contributed by atoms with E-state index in [1.807, 2.05) is 24.3 Å². The molecule has 2 aromatic rings. The maximum Gasteiger partial charge on any atom is 0.319 e. The topological polar surface area (TPSA) is 96.2 Å². The molecule has 3 amide bonds. The predicted octanol–water partition coefficient (Wildman–Crippen LogP) is 4.29. The molecule has 0 heterocycles. The van der Waals surface area contributed by atoms with E-state index in [-0.39, 0.29) is 24.3 Å². The molecule has 1 aliphatic carbocycles. The minimum Gasteiger partial charge on any atom is -0.334 e. The van der Waals surface area contributed by atoms with Crippen LogP contribution < -0.4 is 21.7 Å². The molecule has 0 atom stereocenters. The standard InChI is InChI=1S/C20H23ClN4O2.ClH/c21-16-8-1-2-9-17(16)25-19(27)23-13-14-6-5-7-15(12-14)24-18(26)20(22)10-3-4-11-20;/h1-2,5-9,12H,3-4,10-11,13,22H2,(H,24,26)(H2,23,25,27);1H. The molecule has 0 aliphatic heterocycles. The summed E-state index contributed by atoms with van der Waals surface area (Å²) < 4.78 is 0. The summed E-state index contributed by atoms with van der Waals surface area (Å²) in [6.07, 6.45) is 3.38. The fourth-order valence-corrected chi connectivity index (χ4v) is 3.34. The number of urea groups is 1. The number of benzene rings is 2. The number of para-hydroxylation sites is 1. The van der Waals surface area contributed by atoms with E-state index in [0.717, 1.165) is 18.4 Å². The van der Waals surface area contributed by atoms with Crippen LogP contribution in [0.3, 0.4) is 0 Å². The SMILES string of the molecule is Cl.NC1(C(=O)Nc2cccc(CNC(=O)Nc3ccccc3Cl)c2)CCCC1. The quantitative estimate of drug-likeness (QED) is 0.578. The van der Waals surface area contributed by atoms with Crippen LogP contribution in [0.25, 0.3) is 0 Å². The minimum absolute atomic E-state index is 0. The Labute approximate surface area is 175 Å². The molecule has 0 saturated heterocycles. The van der Waals surface area contributed by atoms with Crippen molar-refractivity contribution in [2.24, 2.45) is 5.73 Å². The van der Waals surface area contributed by atoms with Crippen LogP contribution in [-0.2, 0) is 11.3 Å². The van der Waals surface area contributed by atoms with Gasteiger partial charge in [-0.2, -0.15) is 0 Å². The summed E-state index contributed by atoms with van der Waals surface area (Å²) >= 11 is 6.03.